The van der Waals surface area contributed by atoms with Crippen LogP contribution in [-0.4, -0.2) is 9.97 Å². The van der Waals surface area contributed by atoms with E-state index in [1.54, 1.807) is 11.3 Å². The molecule has 9 aromatic rings. The Labute approximate surface area is 276 Å². The molecule has 0 radical (unpaired) electrons. The molecule has 0 aliphatic rings. The second-order valence-electron chi connectivity index (χ2n) is 11.7. The van der Waals surface area contributed by atoms with Gasteiger partial charge in [0.15, 0.2) is 7.14 Å². The van der Waals surface area contributed by atoms with Crippen molar-refractivity contribution in [3.05, 3.63) is 164 Å². The molecule has 3 aromatic heterocycles. The number of pyridine rings is 2. The van der Waals surface area contributed by atoms with Gasteiger partial charge in [0.05, 0.1) is 16.7 Å². The van der Waals surface area contributed by atoms with Crippen LogP contribution in [0.15, 0.2) is 164 Å². The Balaban J connectivity index is 1.22. The molecule has 3 nitrogen and oxygen atoms in total. The SMILES string of the molecule is O=P(c1ccccc1)(c1ccccc1)c1cccc(-c2cccc3sc4ccc(-c5ccc6ccc7cccnc7c6n5)cc4c23)c1. The lowest BCUT2D eigenvalue weighted by Gasteiger charge is -2.21. The number of hydrogen-bond acceptors (Lipinski definition) is 4. The summed E-state index contributed by atoms with van der Waals surface area (Å²) in [6.07, 6.45) is 1.83. The average Bonchev–Trinajstić information content (AvgIpc) is 3.53. The zero-order chi connectivity index (χ0) is 31.4. The van der Waals surface area contributed by atoms with E-state index in [2.05, 4.69) is 83.8 Å². The van der Waals surface area contributed by atoms with Crippen LogP contribution in [0.2, 0.25) is 0 Å². The standard InChI is InChI=1S/C42H27N2OPS/c45-46(32-12-3-1-4-13-32,33-14-5-2-6-15-33)34-16-7-10-30(26-34)35-17-8-18-39-40(35)36-27-31(22-24-38(36)47-39)37-23-21-29-20-19-28-11-9-25-43-41(28)42(29)44-37/h1-27H. The molecule has 0 N–H and O–H groups in total. The highest BCUT2D eigenvalue weighted by molar-refractivity contribution is 7.85. The third-order valence-electron chi connectivity index (χ3n) is 8.98. The van der Waals surface area contributed by atoms with Crippen LogP contribution < -0.4 is 15.9 Å². The number of nitrogens with zero attached hydrogens (tertiary/aromatic N) is 2. The molecule has 0 spiro atoms. The molecular weight excluding hydrogens is 612 g/mol. The molecule has 3 heterocycles. The van der Waals surface area contributed by atoms with Crippen LogP contribution >= 0.6 is 18.5 Å². The molecular formula is C42H27N2OPS. The molecule has 0 aliphatic heterocycles. The minimum Gasteiger partial charge on any atom is -0.309 e. The Kier molecular flexibility index (Phi) is 6.60. The molecule has 0 fully saturated rings. The molecule has 0 bridgehead atoms. The fraction of sp³-hybridized carbons (Fsp3) is 0. The van der Waals surface area contributed by atoms with Gasteiger partial charge in [0.1, 0.15) is 0 Å². The molecule has 0 saturated heterocycles. The van der Waals surface area contributed by atoms with E-state index in [4.69, 9.17) is 4.98 Å². The first kappa shape index (κ1) is 27.9. The van der Waals surface area contributed by atoms with Crippen molar-refractivity contribution >= 4 is 76.4 Å². The van der Waals surface area contributed by atoms with Crippen molar-refractivity contribution in [3.63, 3.8) is 0 Å². The normalized spacial score (nSPS) is 11.9. The van der Waals surface area contributed by atoms with Gasteiger partial charge in [-0.05, 0) is 47.5 Å². The smallest absolute Gasteiger partial charge is 0.171 e. The van der Waals surface area contributed by atoms with E-state index in [1.165, 1.54) is 20.2 Å². The summed E-state index contributed by atoms with van der Waals surface area (Å²) in [6.45, 7) is 0. The molecule has 9 rings (SSSR count). The van der Waals surface area contributed by atoms with E-state index in [0.717, 1.165) is 60.1 Å². The summed E-state index contributed by atoms with van der Waals surface area (Å²) in [5.41, 5.74) is 5.99. The second-order valence-corrected chi connectivity index (χ2v) is 15.6. The van der Waals surface area contributed by atoms with Gasteiger partial charge >= 0.3 is 0 Å². The Bertz CT molecular complexity index is 2620. The number of aromatic nitrogens is 2. The fourth-order valence-electron chi connectivity index (χ4n) is 6.70. The van der Waals surface area contributed by atoms with Crippen LogP contribution in [0, 0.1) is 0 Å². The van der Waals surface area contributed by atoms with Crippen LogP contribution in [-0.2, 0) is 4.57 Å². The summed E-state index contributed by atoms with van der Waals surface area (Å²) in [4.78, 5) is 9.79. The topological polar surface area (TPSA) is 42.9 Å². The maximum Gasteiger partial charge on any atom is 0.171 e. The predicted molar refractivity (Wildman–Crippen MR) is 200 cm³/mol. The van der Waals surface area contributed by atoms with Crippen LogP contribution in [0.5, 0.6) is 0 Å². The van der Waals surface area contributed by atoms with E-state index in [0.29, 0.717) is 0 Å². The molecule has 222 valence electrons. The van der Waals surface area contributed by atoms with Crippen molar-refractivity contribution < 1.29 is 4.57 Å². The first-order valence-electron chi connectivity index (χ1n) is 15.6. The number of rotatable bonds is 5. The van der Waals surface area contributed by atoms with Crippen LogP contribution in [0.4, 0.5) is 0 Å². The summed E-state index contributed by atoms with van der Waals surface area (Å²) in [5, 5.41) is 7.04. The largest absolute Gasteiger partial charge is 0.309 e. The molecule has 47 heavy (non-hydrogen) atoms. The van der Waals surface area contributed by atoms with Crippen molar-refractivity contribution in [2.75, 3.05) is 0 Å². The number of hydrogen-bond donors (Lipinski definition) is 0. The van der Waals surface area contributed by atoms with E-state index in [-0.39, 0.29) is 0 Å². The van der Waals surface area contributed by atoms with Crippen molar-refractivity contribution in [2.24, 2.45) is 0 Å². The van der Waals surface area contributed by atoms with Crippen molar-refractivity contribution in [3.8, 4) is 22.4 Å². The maximum atomic E-state index is 15.2. The van der Waals surface area contributed by atoms with Gasteiger partial charge in [0, 0.05) is 58.6 Å². The molecule has 6 aromatic carbocycles. The first-order valence-corrected chi connectivity index (χ1v) is 18.1. The molecule has 0 amide bonds. The highest BCUT2D eigenvalue weighted by atomic mass is 32.1. The highest BCUT2D eigenvalue weighted by Gasteiger charge is 2.30. The summed E-state index contributed by atoms with van der Waals surface area (Å²) < 4.78 is 17.6. The summed E-state index contributed by atoms with van der Waals surface area (Å²) >= 11 is 1.80. The zero-order valence-electron chi connectivity index (χ0n) is 25.2. The van der Waals surface area contributed by atoms with Gasteiger partial charge in [-0.3, -0.25) is 4.98 Å². The maximum absolute atomic E-state index is 15.2. The van der Waals surface area contributed by atoms with E-state index < -0.39 is 7.14 Å². The van der Waals surface area contributed by atoms with Crippen molar-refractivity contribution in [2.45, 2.75) is 0 Å². The molecule has 0 saturated carbocycles. The van der Waals surface area contributed by atoms with Crippen molar-refractivity contribution in [1.82, 2.24) is 9.97 Å². The molecule has 0 atom stereocenters. The molecule has 5 heteroatoms. The Hall–Kier alpha value is -5.41. The van der Waals surface area contributed by atoms with E-state index in [1.807, 2.05) is 85.1 Å². The number of fused-ring (bicyclic) bond motifs is 6. The van der Waals surface area contributed by atoms with E-state index >= 15 is 4.57 Å². The lowest BCUT2D eigenvalue weighted by molar-refractivity contribution is 0.592. The number of benzene rings is 6. The predicted octanol–water partition coefficient (Wildman–Crippen LogP) is 10.1. The van der Waals surface area contributed by atoms with Gasteiger partial charge in [-0.2, -0.15) is 0 Å². The summed E-state index contributed by atoms with van der Waals surface area (Å²) in [7, 11) is -3.11. The third-order valence-corrected chi connectivity index (χ3v) is 13.2. The first-order chi connectivity index (χ1) is 23.2. The van der Waals surface area contributed by atoms with E-state index in [9.17, 15) is 0 Å². The quantitative estimate of drug-likeness (QED) is 0.139. The van der Waals surface area contributed by atoms with Gasteiger partial charge in [-0.1, -0.05) is 121 Å². The highest BCUT2D eigenvalue weighted by Crippen LogP contribution is 2.45. The Morgan fingerprint density at radius 3 is 2.00 bits per heavy atom. The molecule has 0 aliphatic carbocycles. The molecule has 0 unspecified atom stereocenters. The van der Waals surface area contributed by atoms with Crippen molar-refractivity contribution in [1.29, 1.82) is 0 Å². The minimum absolute atomic E-state index is 0.825. The third kappa shape index (κ3) is 4.60. The van der Waals surface area contributed by atoms with Gasteiger partial charge in [0.25, 0.3) is 0 Å². The Morgan fingerprint density at radius 2 is 1.21 bits per heavy atom. The van der Waals surface area contributed by atoms with Crippen LogP contribution in [0.25, 0.3) is 64.4 Å². The fourth-order valence-corrected chi connectivity index (χ4v) is 10.5. The van der Waals surface area contributed by atoms with Gasteiger partial charge in [0.2, 0.25) is 0 Å². The average molecular weight is 639 g/mol. The zero-order valence-corrected chi connectivity index (χ0v) is 27.0. The lowest BCUT2D eigenvalue weighted by atomic mass is 9.98. The van der Waals surface area contributed by atoms with Crippen LogP contribution in [0.1, 0.15) is 0 Å². The van der Waals surface area contributed by atoms with Crippen LogP contribution in [0.3, 0.4) is 0 Å². The monoisotopic (exact) mass is 638 g/mol. The second kappa shape index (κ2) is 11.1. The lowest BCUT2D eigenvalue weighted by Crippen LogP contribution is -2.25. The summed E-state index contributed by atoms with van der Waals surface area (Å²) in [5.74, 6) is 0. The van der Waals surface area contributed by atoms with Gasteiger partial charge in [-0.25, -0.2) is 4.98 Å². The van der Waals surface area contributed by atoms with Gasteiger partial charge in [-0.15, -0.1) is 11.3 Å². The Morgan fingerprint density at radius 1 is 0.511 bits per heavy atom. The minimum atomic E-state index is -3.11. The van der Waals surface area contributed by atoms with Gasteiger partial charge < -0.3 is 4.57 Å². The summed E-state index contributed by atoms with van der Waals surface area (Å²) in [6, 6.07) is 53.7. The number of thiophene rings is 1.